The summed E-state index contributed by atoms with van der Waals surface area (Å²) in [6, 6.07) is 0. The molecule has 11 heteroatoms. The van der Waals surface area contributed by atoms with Gasteiger partial charge >= 0.3 is 17.9 Å². The number of aliphatic carboxylic acids is 1. The lowest BCUT2D eigenvalue weighted by atomic mass is 9.33. The summed E-state index contributed by atoms with van der Waals surface area (Å²) >= 11 is 0. The molecule has 1 saturated heterocycles. The first-order chi connectivity index (χ1) is 23.6. The lowest BCUT2D eigenvalue weighted by molar-refractivity contribution is -0.316. The second-order valence-electron chi connectivity index (χ2n) is 18.9. The number of carbonyl (C=O) groups is 3. The van der Waals surface area contributed by atoms with E-state index in [2.05, 4.69) is 33.8 Å². The predicted octanol–water partition coefficient (Wildman–Crippen LogP) is 5.17. The number of hydrogen-bond acceptors (Lipinski definition) is 10. The van der Waals surface area contributed by atoms with Crippen molar-refractivity contribution in [3.05, 3.63) is 11.6 Å². The summed E-state index contributed by atoms with van der Waals surface area (Å²) in [5.41, 5.74) is -0.944. The molecule has 1 aliphatic heterocycles. The molecule has 16 atom stereocenters. The van der Waals surface area contributed by atoms with Crippen LogP contribution in [0.1, 0.15) is 120 Å². The van der Waals surface area contributed by atoms with Gasteiger partial charge in [-0.15, -0.1) is 0 Å². The van der Waals surface area contributed by atoms with Gasteiger partial charge in [-0.3, -0.25) is 14.4 Å². The number of fused-ring (bicyclic) bond motifs is 7. The van der Waals surface area contributed by atoms with Crippen LogP contribution in [0.2, 0.25) is 0 Å². The molecule has 288 valence electrons. The van der Waals surface area contributed by atoms with E-state index in [4.69, 9.17) is 18.9 Å². The molecule has 0 aromatic carbocycles. The maximum absolute atomic E-state index is 12.5. The van der Waals surface area contributed by atoms with Crippen molar-refractivity contribution in [2.45, 2.75) is 163 Å². The van der Waals surface area contributed by atoms with E-state index in [1.54, 1.807) is 6.92 Å². The predicted molar refractivity (Wildman–Crippen MR) is 186 cm³/mol. The molecule has 5 aliphatic carbocycles. The molecule has 51 heavy (non-hydrogen) atoms. The van der Waals surface area contributed by atoms with Gasteiger partial charge < -0.3 is 39.4 Å². The Hall–Kier alpha value is -2.05. The number of aliphatic hydroxyl groups is 3. The summed E-state index contributed by atoms with van der Waals surface area (Å²) in [7, 11) is 0. The smallest absolute Gasteiger partial charge is 0.309 e. The number of hydrogen-bond donors (Lipinski definition) is 4. The number of allylic oxidation sites excluding steroid dienone is 2. The molecule has 1 heterocycles. The molecule has 4 saturated carbocycles. The highest BCUT2D eigenvalue weighted by Gasteiger charge is 2.71. The Balaban J connectivity index is 1.29. The molecule has 5 fully saturated rings. The lowest BCUT2D eigenvalue weighted by Crippen LogP contribution is -2.69. The Bertz CT molecular complexity index is 1450. The minimum absolute atomic E-state index is 0.0244. The second kappa shape index (κ2) is 12.8. The zero-order valence-corrected chi connectivity index (χ0v) is 32.1. The van der Waals surface area contributed by atoms with E-state index >= 15 is 0 Å². The van der Waals surface area contributed by atoms with Gasteiger partial charge in [-0.2, -0.15) is 0 Å². The van der Waals surface area contributed by atoms with Gasteiger partial charge in [-0.05, 0) is 99.2 Å². The van der Waals surface area contributed by atoms with Crippen molar-refractivity contribution < 1.29 is 53.8 Å². The first-order valence-electron chi connectivity index (χ1n) is 19.2. The molecule has 0 bridgehead atoms. The molecule has 6 rings (SSSR count). The molecule has 11 nitrogen and oxygen atoms in total. The van der Waals surface area contributed by atoms with Gasteiger partial charge in [-0.1, -0.05) is 46.3 Å². The maximum Gasteiger partial charge on any atom is 0.309 e. The third-order valence-electron chi connectivity index (χ3n) is 16.2. The van der Waals surface area contributed by atoms with Gasteiger partial charge in [0.1, 0.15) is 6.10 Å². The van der Waals surface area contributed by atoms with E-state index in [1.165, 1.54) is 19.4 Å². The third-order valence-corrected chi connectivity index (χ3v) is 16.2. The van der Waals surface area contributed by atoms with Crippen molar-refractivity contribution in [1.82, 2.24) is 0 Å². The number of esters is 2. The number of carboxylic acids is 1. The van der Waals surface area contributed by atoms with Crippen molar-refractivity contribution in [2.24, 2.45) is 50.2 Å². The number of carbonyl (C=O) groups excluding carboxylic acids is 2. The zero-order valence-electron chi connectivity index (χ0n) is 32.1. The molecule has 0 aromatic rings. The summed E-state index contributed by atoms with van der Waals surface area (Å²) in [5.74, 6) is -1.77. The Morgan fingerprint density at radius 2 is 1.49 bits per heavy atom. The van der Waals surface area contributed by atoms with Gasteiger partial charge in [0.15, 0.2) is 18.5 Å². The van der Waals surface area contributed by atoms with E-state index in [-0.39, 0.29) is 47.0 Å². The van der Waals surface area contributed by atoms with Crippen molar-refractivity contribution in [3.8, 4) is 0 Å². The summed E-state index contributed by atoms with van der Waals surface area (Å²) in [6.45, 7) is 17.4. The van der Waals surface area contributed by atoms with Gasteiger partial charge in [0.25, 0.3) is 0 Å². The molecule has 4 N–H and O–H groups in total. The fourth-order valence-corrected chi connectivity index (χ4v) is 12.6. The van der Waals surface area contributed by atoms with Crippen molar-refractivity contribution in [2.75, 3.05) is 6.61 Å². The first kappa shape index (κ1) is 38.7. The van der Waals surface area contributed by atoms with Crippen LogP contribution in [0.5, 0.6) is 0 Å². The van der Waals surface area contributed by atoms with E-state index in [0.29, 0.717) is 12.8 Å². The van der Waals surface area contributed by atoms with Crippen LogP contribution in [0.4, 0.5) is 0 Å². The third kappa shape index (κ3) is 5.73. The highest BCUT2D eigenvalue weighted by Crippen LogP contribution is 2.75. The van der Waals surface area contributed by atoms with Gasteiger partial charge in [0.2, 0.25) is 0 Å². The van der Waals surface area contributed by atoms with E-state index in [0.717, 1.165) is 38.5 Å². The second-order valence-corrected chi connectivity index (χ2v) is 18.9. The van der Waals surface area contributed by atoms with Crippen LogP contribution in [0.25, 0.3) is 0 Å². The van der Waals surface area contributed by atoms with Gasteiger partial charge in [-0.25, -0.2) is 0 Å². The van der Waals surface area contributed by atoms with Crippen LogP contribution in [-0.4, -0.2) is 87.9 Å². The molecule has 0 radical (unpaired) electrons. The van der Waals surface area contributed by atoms with Crippen LogP contribution in [-0.2, 0) is 33.3 Å². The number of aliphatic hydroxyl groups excluding tert-OH is 3. The molecule has 0 amide bonds. The average Bonchev–Trinajstić information content (AvgIpc) is 3.03. The molecule has 0 spiro atoms. The molecule has 2 unspecified atom stereocenters. The van der Waals surface area contributed by atoms with E-state index < -0.39 is 77.1 Å². The van der Waals surface area contributed by atoms with Crippen molar-refractivity contribution in [3.63, 3.8) is 0 Å². The average molecular weight is 719 g/mol. The topological polar surface area (TPSA) is 169 Å². The summed E-state index contributed by atoms with van der Waals surface area (Å²) in [6.07, 6.45) is 2.07. The van der Waals surface area contributed by atoms with Gasteiger partial charge in [0.05, 0.1) is 30.3 Å². The highest BCUT2D eigenvalue weighted by molar-refractivity contribution is 5.74. The minimum atomic E-state index is -1.45. The molecule has 6 aliphatic rings. The number of ether oxygens (including phenoxy) is 4. The minimum Gasteiger partial charge on any atom is -0.481 e. The Kier molecular flexibility index (Phi) is 9.69. The fraction of sp³-hybridized carbons (Fsp3) is 0.875. The molecular weight excluding hydrogens is 656 g/mol. The number of rotatable bonds is 6. The summed E-state index contributed by atoms with van der Waals surface area (Å²) in [4.78, 5) is 36.3. The fourth-order valence-electron chi connectivity index (χ4n) is 12.6. The Labute approximate surface area is 302 Å². The normalized spacial score (nSPS) is 52.2. The van der Waals surface area contributed by atoms with Crippen LogP contribution < -0.4 is 0 Å². The molecular formula is C40H62O11. The van der Waals surface area contributed by atoms with E-state index in [1.807, 2.05) is 13.8 Å². The summed E-state index contributed by atoms with van der Waals surface area (Å²) in [5, 5.41) is 45.3. The van der Waals surface area contributed by atoms with Crippen LogP contribution in [0, 0.1) is 50.2 Å². The van der Waals surface area contributed by atoms with Crippen molar-refractivity contribution >= 4 is 17.9 Å². The zero-order chi connectivity index (χ0) is 37.7. The highest BCUT2D eigenvalue weighted by atomic mass is 16.7. The van der Waals surface area contributed by atoms with E-state index in [9.17, 15) is 34.8 Å². The molecule has 0 aromatic heterocycles. The largest absolute Gasteiger partial charge is 0.481 e. The quantitative estimate of drug-likeness (QED) is 0.211. The van der Waals surface area contributed by atoms with Crippen LogP contribution in [0.3, 0.4) is 0 Å². The van der Waals surface area contributed by atoms with Crippen LogP contribution in [0.15, 0.2) is 11.6 Å². The summed E-state index contributed by atoms with van der Waals surface area (Å²) < 4.78 is 23.1. The Morgan fingerprint density at radius 1 is 0.863 bits per heavy atom. The monoisotopic (exact) mass is 718 g/mol. The maximum atomic E-state index is 12.5. The lowest BCUT2D eigenvalue weighted by Gasteiger charge is -2.72. The van der Waals surface area contributed by atoms with Crippen LogP contribution >= 0.6 is 0 Å². The standard InChI is InChI=1S/C40H62O11/c1-21-31(50-22(2)41)32(51-23(3)42)30(45)33(49-21)48-20-37(6)26-12-13-39(8)27(40(26,9)29(44)18-28(37)43)11-10-24-25-19-36(5,34(46)47)15-14-35(25,4)16-17-38(24,39)7/h10,21,25-33,43-45H,11-20H2,1-9H3,(H,46,47)/t21-,25-,26?,27?,28-,29-,30+,31-,32-,33+,35+,36+,37-,38+,39+,40-/m0/s1. The Morgan fingerprint density at radius 3 is 2.12 bits per heavy atom. The number of carboxylic acid groups (broad SMARTS) is 1. The van der Waals surface area contributed by atoms with Crippen molar-refractivity contribution in [1.29, 1.82) is 0 Å². The first-order valence-corrected chi connectivity index (χ1v) is 19.2. The van der Waals surface area contributed by atoms with Gasteiger partial charge in [0, 0.05) is 31.1 Å². The SMILES string of the molecule is CC(=O)O[C@@H]1[C@@H](OC(C)=O)[C@@H](O)[C@H](OC[C@@]2(C)C3CC[C@]4(C)C(CC=C5[C@@H]6C[C@](C)(C(=O)O)CC[C@]6(C)CC[C@]54C)[C@@]3(C)[C@@H](O)C[C@@H]2O)O[C@H]1C.